The van der Waals surface area contributed by atoms with E-state index in [-0.39, 0.29) is 5.41 Å². The number of hydrogen-bond acceptors (Lipinski definition) is 3. The summed E-state index contributed by atoms with van der Waals surface area (Å²) in [6.07, 6.45) is 0. The van der Waals surface area contributed by atoms with Crippen LogP contribution in [-0.2, 0) is 5.41 Å². The summed E-state index contributed by atoms with van der Waals surface area (Å²) in [5.41, 5.74) is 14.8. The molecular formula is C48H33N3. The Morgan fingerprint density at radius 2 is 0.882 bits per heavy atom. The average Bonchev–Trinajstić information content (AvgIpc) is 3.44. The number of benzene rings is 6. The molecule has 1 aliphatic carbocycles. The van der Waals surface area contributed by atoms with Gasteiger partial charge in [-0.15, -0.1) is 0 Å². The lowest BCUT2D eigenvalue weighted by molar-refractivity contribution is 0.660. The van der Waals surface area contributed by atoms with E-state index in [1.807, 2.05) is 54.6 Å². The van der Waals surface area contributed by atoms with E-state index in [4.69, 9.17) is 15.0 Å². The van der Waals surface area contributed by atoms with Gasteiger partial charge in [0.05, 0.1) is 0 Å². The van der Waals surface area contributed by atoms with Gasteiger partial charge in [0.2, 0.25) is 0 Å². The van der Waals surface area contributed by atoms with Gasteiger partial charge in [0.1, 0.15) is 0 Å². The summed E-state index contributed by atoms with van der Waals surface area (Å²) >= 11 is 0. The lowest BCUT2D eigenvalue weighted by Gasteiger charge is -2.21. The first kappa shape index (κ1) is 30.4. The van der Waals surface area contributed by atoms with Crippen molar-refractivity contribution in [2.45, 2.75) is 19.3 Å². The number of nitrogens with zero attached hydrogens (tertiary/aromatic N) is 3. The molecule has 0 saturated heterocycles. The van der Waals surface area contributed by atoms with Gasteiger partial charge in [0.15, 0.2) is 17.5 Å². The number of hydrogen-bond donors (Lipinski definition) is 0. The van der Waals surface area contributed by atoms with E-state index >= 15 is 0 Å². The molecular weight excluding hydrogens is 619 g/mol. The fourth-order valence-electron chi connectivity index (χ4n) is 7.31. The molecule has 0 spiro atoms. The van der Waals surface area contributed by atoms with Crippen LogP contribution in [0.4, 0.5) is 0 Å². The zero-order valence-corrected chi connectivity index (χ0v) is 28.4. The highest BCUT2D eigenvalue weighted by atomic mass is 15.0. The third-order valence-corrected chi connectivity index (χ3v) is 10.0. The van der Waals surface area contributed by atoms with Gasteiger partial charge in [-0.05, 0) is 98.1 Å². The van der Waals surface area contributed by atoms with Crippen molar-refractivity contribution < 1.29 is 0 Å². The van der Waals surface area contributed by atoms with Gasteiger partial charge in [0, 0.05) is 22.1 Å². The smallest absolute Gasteiger partial charge is 0.164 e. The predicted molar refractivity (Wildman–Crippen MR) is 208 cm³/mol. The summed E-state index contributed by atoms with van der Waals surface area (Å²) in [5.74, 6) is 1.84. The molecule has 1 aliphatic rings. The third kappa shape index (κ3) is 5.58. The molecule has 0 fully saturated rings. The molecule has 0 saturated carbocycles. The van der Waals surface area contributed by atoms with Crippen LogP contribution in [-0.4, -0.2) is 15.0 Å². The molecule has 0 aliphatic heterocycles. The third-order valence-electron chi connectivity index (χ3n) is 10.0. The number of rotatable bonds is 6. The molecule has 1 heterocycles. The van der Waals surface area contributed by atoms with Crippen LogP contribution in [0.1, 0.15) is 25.0 Å². The second-order valence-corrected chi connectivity index (χ2v) is 13.6. The second kappa shape index (κ2) is 12.4. The van der Waals surface area contributed by atoms with Crippen molar-refractivity contribution in [1.29, 1.82) is 0 Å². The van der Waals surface area contributed by atoms with Crippen molar-refractivity contribution in [2.75, 3.05) is 0 Å². The van der Waals surface area contributed by atoms with Crippen LogP contribution >= 0.6 is 0 Å². The molecule has 0 radical (unpaired) electrons. The molecule has 0 bridgehead atoms. The maximum atomic E-state index is 5.09. The maximum Gasteiger partial charge on any atom is 0.164 e. The molecule has 51 heavy (non-hydrogen) atoms. The van der Waals surface area contributed by atoms with E-state index < -0.39 is 0 Å². The number of aromatic nitrogens is 3. The van der Waals surface area contributed by atoms with Crippen molar-refractivity contribution in [3.63, 3.8) is 0 Å². The highest BCUT2D eigenvalue weighted by Crippen LogP contribution is 2.49. The Bertz CT molecular complexity index is 2460. The van der Waals surface area contributed by atoms with E-state index in [9.17, 15) is 0 Å². The van der Waals surface area contributed by atoms with E-state index in [0.717, 1.165) is 38.9 Å². The normalized spacial score (nSPS) is 12.5. The standard InChI is InChI=1S/C48H33N3/c1-48(2)43-21-13-12-20-41(43)42-31-37(26-27-44(42)48)39-28-38(34-24-22-33(23-25-34)32-14-6-3-7-15-32)29-40(30-39)47-50-45(35-16-8-4-9-17-35)49-46(51-47)36-18-10-5-11-19-36/h3-4,6-10,12-31H,1-2H3. The van der Waals surface area contributed by atoms with Crippen LogP contribution in [0.3, 0.4) is 0 Å². The average molecular weight is 652 g/mol. The Hall–Kier alpha value is -6.63. The molecule has 240 valence electrons. The first-order chi connectivity index (χ1) is 25.0. The van der Waals surface area contributed by atoms with E-state index in [2.05, 4.69) is 135 Å². The largest absolute Gasteiger partial charge is 0.208 e. The van der Waals surface area contributed by atoms with Crippen molar-refractivity contribution >= 4 is 0 Å². The van der Waals surface area contributed by atoms with Gasteiger partial charge >= 0.3 is 0 Å². The van der Waals surface area contributed by atoms with E-state index in [0.29, 0.717) is 17.5 Å². The zero-order valence-electron chi connectivity index (χ0n) is 28.4. The highest BCUT2D eigenvalue weighted by molar-refractivity contribution is 5.87. The lowest BCUT2D eigenvalue weighted by Crippen LogP contribution is -2.14. The molecule has 8 aromatic rings. The minimum atomic E-state index is -0.0558. The zero-order chi connectivity index (χ0) is 34.4. The van der Waals surface area contributed by atoms with Gasteiger partial charge in [-0.25, -0.2) is 15.0 Å². The lowest BCUT2D eigenvalue weighted by atomic mass is 9.82. The van der Waals surface area contributed by atoms with Crippen LogP contribution < -0.4 is 0 Å². The summed E-state index contributed by atoms with van der Waals surface area (Å²) in [4.78, 5) is 15.1. The minimum absolute atomic E-state index is 0.0558. The molecule has 1 aromatic heterocycles. The van der Waals surface area contributed by atoms with Gasteiger partial charge in [-0.3, -0.25) is 0 Å². The molecule has 3 nitrogen and oxygen atoms in total. The van der Waals surface area contributed by atoms with E-state index in [1.165, 1.54) is 33.4 Å². The summed E-state index contributed by atoms with van der Waals surface area (Å²) in [5, 5.41) is 0. The quantitative estimate of drug-likeness (QED) is 0.180. The predicted octanol–water partition coefficient (Wildman–Crippen LogP) is 11.8. The summed E-state index contributed by atoms with van der Waals surface area (Å²) in [7, 11) is 0. The molecule has 0 N–H and O–H groups in total. The fourth-order valence-corrected chi connectivity index (χ4v) is 7.31. The Kier molecular flexibility index (Phi) is 7.37. The molecule has 0 amide bonds. The van der Waals surface area contributed by atoms with Crippen LogP contribution in [0.25, 0.3) is 78.7 Å². The van der Waals surface area contributed by atoms with Crippen molar-refractivity contribution in [3.05, 3.63) is 187 Å². The minimum Gasteiger partial charge on any atom is -0.208 e. The summed E-state index contributed by atoms with van der Waals surface area (Å²) in [6.45, 7) is 4.64. The Labute approximate surface area is 299 Å². The Balaban J connectivity index is 1.24. The van der Waals surface area contributed by atoms with Gasteiger partial charge in [0.25, 0.3) is 0 Å². The van der Waals surface area contributed by atoms with Crippen LogP contribution in [0.2, 0.25) is 0 Å². The summed E-state index contributed by atoms with van der Waals surface area (Å²) in [6, 6.07) is 63.5. The molecule has 9 rings (SSSR count). The monoisotopic (exact) mass is 651 g/mol. The molecule has 3 heteroatoms. The second-order valence-electron chi connectivity index (χ2n) is 13.6. The van der Waals surface area contributed by atoms with Crippen molar-refractivity contribution in [2.24, 2.45) is 0 Å². The van der Waals surface area contributed by atoms with Crippen LogP contribution in [0.15, 0.2) is 164 Å². The van der Waals surface area contributed by atoms with Crippen LogP contribution in [0.5, 0.6) is 0 Å². The topological polar surface area (TPSA) is 38.7 Å². The maximum absolute atomic E-state index is 5.09. The summed E-state index contributed by atoms with van der Waals surface area (Å²) < 4.78 is 0. The molecule has 7 aromatic carbocycles. The first-order valence-electron chi connectivity index (χ1n) is 17.3. The highest BCUT2D eigenvalue weighted by Gasteiger charge is 2.35. The van der Waals surface area contributed by atoms with Gasteiger partial charge in [-0.2, -0.15) is 0 Å². The van der Waals surface area contributed by atoms with Crippen molar-refractivity contribution in [1.82, 2.24) is 15.0 Å². The van der Waals surface area contributed by atoms with Gasteiger partial charge in [-0.1, -0.05) is 147 Å². The molecule has 0 atom stereocenters. The number of fused-ring (bicyclic) bond motifs is 3. The fraction of sp³-hybridized carbons (Fsp3) is 0.0625. The van der Waals surface area contributed by atoms with Crippen LogP contribution in [0, 0.1) is 12.1 Å². The molecule has 0 unspecified atom stereocenters. The van der Waals surface area contributed by atoms with Crippen molar-refractivity contribution in [3.8, 4) is 78.7 Å². The first-order valence-corrected chi connectivity index (χ1v) is 17.3. The van der Waals surface area contributed by atoms with Gasteiger partial charge < -0.3 is 0 Å². The van der Waals surface area contributed by atoms with E-state index in [1.54, 1.807) is 0 Å². The SMILES string of the molecule is CC1(C)c2ccccc2-c2cc(-c3cc(-c4ccc(-c5ccccc5)cc4)cc(-c4nc(-c5cc#ccc5)nc(-c5ccccc5)n4)c3)ccc21. The Morgan fingerprint density at radius 1 is 0.373 bits per heavy atom. The Morgan fingerprint density at radius 3 is 1.57 bits per heavy atom.